The van der Waals surface area contributed by atoms with Gasteiger partial charge in [0.25, 0.3) is 0 Å². The van der Waals surface area contributed by atoms with Gasteiger partial charge in [0, 0.05) is 5.69 Å². The molecule has 2 N–H and O–H groups in total. The molecule has 0 radical (unpaired) electrons. The molecule has 0 saturated heterocycles. The maximum Gasteiger partial charge on any atom is 0.171 e. The molecule has 3 heteroatoms. The van der Waals surface area contributed by atoms with Gasteiger partial charge in [0.2, 0.25) is 0 Å². The van der Waals surface area contributed by atoms with Crippen LogP contribution in [0, 0.1) is 6.92 Å². The molecule has 3 aromatic carbocycles. The summed E-state index contributed by atoms with van der Waals surface area (Å²) in [6.07, 6.45) is 0. The largest absolute Gasteiger partial charge is 0.352 e. The first-order valence-electron chi connectivity index (χ1n) is 7.96. The number of rotatable bonds is 4. The van der Waals surface area contributed by atoms with E-state index < -0.39 is 0 Å². The van der Waals surface area contributed by atoms with Gasteiger partial charge >= 0.3 is 0 Å². The summed E-state index contributed by atoms with van der Waals surface area (Å²) >= 11 is 5.52. The van der Waals surface area contributed by atoms with E-state index in [4.69, 9.17) is 12.2 Å². The van der Waals surface area contributed by atoms with Crippen molar-refractivity contribution in [1.82, 2.24) is 5.32 Å². The topological polar surface area (TPSA) is 24.1 Å². The third-order valence-electron chi connectivity index (χ3n) is 3.82. The molecule has 0 aliphatic rings. The number of benzene rings is 3. The minimum atomic E-state index is 0.00909. The molecule has 1 unspecified atom stereocenters. The summed E-state index contributed by atoms with van der Waals surface area (Å²) in [5, 5.41) is 7.30. The van der Waals surface area contributed by atoms with Gasteiger partial charge in [-0.15, -0.1) is 0 Å². The molecule has 24 heavy (non-hydrogen) atoms. The Hall–Kier alpha value is -2.65. The number of hydrogen-bond donors (Lipinski definition) is 2. The highest BCUT2D eigenvalue weighted by Gasteiger charge is 2.15. The lowest BCUT2D eigenvalue weighted by atomic mass is 9.97. The van der Waals surface area contributed by atoms with Gasteiger partial charge in [-0.2, -0.15) is 0 Å². The van der Waals surface area contributed by atoms with Gasteiger partial charge in [0.1, 0.15) is 0 Å². The molecule has 0 spiro atoms. The quantitative estimate of drug-likeness (QED) is 0.652. The fourth-order valence-electron chi connectivity index (χ4n) is 2.67. The average Bonchev–Trinajstić information content (AvgIpc) is 2.61. The Bertz CT molecular complexity index is 800. The van der Waals surface area contributed by atoms with E-state index in [0.29, 0.717) is 5.11 Å². The molecule has 0 amide bonds. The van der Waals surface area contributed by atoms with Crippen LogP contribution in [0.25, 0.3) is 0 Å². The van der Waals surface area contributed by atoms with Crippen LogP contribution in [0.1, 0.15) is 22.7 Å². The van der Waals surface area contributed by atoms with Crippen LogP contribution in [0.15, 0.2) is 84.9 Å². The standard InChI is InChI=1S/C21H20N2S/c1-16-9-8-12-18(15-16)20(17-10-4-2-5-11-17)23-21(24)22-19-13-6-3-7-14-19/h2-15,20H,1H3,(H2,22,23,24). The van der Waals surface area contributed by atoms with Crippen molar-refractivity contribution in [2.24, 2.45) is 0 Å². The van der Waals surface area contributed by atoms with Gasteiger partial charge in [0.05, 0.1) is 6.04 Å². The lowest BCUT2D eigenvalue weighted by Crippen LogP contribution is -2.33. The fourth-order valence-corrected chi connectivity index (χ4v) is 2.91. The van der Waals surface area contributed by atoms with E-state index in [1.807, 2.05) is 48.5 Å². The Morgan fingerprint density at radius 2 is 1.42 bits per heavy atom. The second kappa shape index (κ2) is 7.75. The van der Waals surface area contributed by atoms with Crippen LogP contribution < -0.4 is 10.6 Å². The van der Waals surface area contributed by atoms with Crippen molar-refractivity contribution in [3.63, 3.8) is 0 Å². The number of anilines is 1. The number of hydrogen-bond acceptors (Lipinski definition) is 1. The third kappa shape index (κ3) is 4.21. The van der Waals surface area contributed by atoms with Crippen LogP contribution >= 0.6 is 12.2 Å². The Morgan fingerprint density at radius 1 is 0.792 bits per heavy atom. The van der Waals surface area contributed by atoms with Gasteiger partial charge in [-0.3, -0.25) is 0 Å². The van der Waals surface area contributed by atoms with E-state index >= 15 is 0 Å². The van der Waals surface area contributed by atoms with Gasteiger partial charge in [-0.25, -0.2) is 0 Å². The molecule has 0 saturated carbocycles. The minimum Gasteiger partial charge on any atom is -0.352 e. The number of thiocarbonyl (C=S) groups is 1. The molecule has 0 aliphatic carbocycles. The van der Waals surface area contributed by atoms with Crippen LogP contribution in [0.4, 0.5) is 5.69 Å². The fraction of sp³-hybridized carbons (Fsp3) is 0.0952. The lowest BCUT2D eigenvalue weighted by Gasteiger charge is -2.22. The van der Waals surface area contributed by atoms with Crippen LogP contribution in [0.5, 0.6) is 0 Å². The van der Waals surface area contributed by atoms with Crippen molar-refractivity contribution < 1.29 is 0 Å². The Labute approximate surface area is 148 Å². The molecule has 3 rings (SSSR count). The molecule has 0 heterocycles. The average molecular weight is 332 g/mol. The minimum absolute atomic E-state index is 0.00909. The highest BCUT2D eigenvalue weighted by molar-refractivity contribution is 7.80. The van der Waals surface area contributed by atoms with Crippen molar-refractivity contribution in [3.8, 4) is 0 Å². The highest BCUT2D eigenvalue weighted by atomic mass is 32.1. The van der Waals surface area contributed by atoms with E-state index in [0.717, 1.165) is 5.69 Å². The smallest absolute Gasteiger partial charge is 0.171 e. The second-order valence-corrected chi connectivity index (χ2v) is 6.13. The van der Waals surface area contributed by atoms with Gasteiger partial charge in [0.15, 0.2) is 5.11 Å². The van der Waals surface area contributed by atoms with Gasteiger partial charge < -0.3 is 10.6 Å². The SMILES string of the molecule is Cc1cccc(C(NC(=S)Nc2ccccc2)c2ccccc2)c1. The summed E-state index contributed by atoms with van der Waals surface area (Å²) in [6, 6.07) is 28.8. The molecule has 0 bridgehead atoms. The first kappa shape index (κ1) is 16.2. The molecule has 1 atom stereocenters. The first-order chi connectivity index (χ1) is 11.7. The summed E-state index contributed by atoms with van der Waals surface area (Å²) < 4.78 is 0. The van der Waals surface area contributed by atoms with Gasteiger partial charge in [-0.05, 0) is 42.4 Å². The number of nitrogens with one attached hydrogen (secondary N) is 2. The molecule has 0 aromatic heterocycles. The Morgan fingerprint density at radius 3 is 2.08 bits per heavy atom. The zero-order valence-corrected chi connectivity index (χ0v) is 14.4. The summed E-state index contributed by atoms with van der Waals surface area (Å²) in [7, 11) is 0. The molecular formula is C21H20N2S. The maximum atomic E-state index is 5.52. The molecule has 2 nitrogen and oxygen atoms in total. The zero-order valence-electron chi connectivity index (χ0n) is 13.6. The molecule has 120 valence electrons. The van der Waals surface area contributed by atoms with Gasteiger partial charge in [-0.1, -0.05) is 78.4 Å². The van der Waals surface area contributed by atoms with Crippen molar-refractivity contribution in [3.05, 3.63) is 102 Å². The molecule has 0 aliphatic heterocycles. The maximum absolute atomic E-state index is 5.52. The van der Waals surface area contributed by atoms with Crippen LogP contribution in [-0.4, -0.2) is 5.11 Å². The summed E-state index contributed by atoms with van der Waals surface area (Å²) in [5.74, 6) is 0. The van der Waals surface area contributed by atoms with E-state index in [9.17, 15) is 0 Å². The second-order valence-electron chi connectivity index (χ2n) is 5.72. The summed E-state index contributed by atoms with van der Waals surface area (Å²) in [6.45, 7) is 2.10. The van der Waals surface area contributed by atoms with Crippen molar-refractivity contribution in [1.29, 1.82) is 0 Å². The van der Waals surface area contributed by atoms with E-state index in [2.05, 4.69) is 54.0 Å². The predicted octanol–water partition coefficient (Wildman–Crippen LogP) is 5.07. The van der Waals surface area contributed by atoms with E-state index in [1.54, 1.807) is 0 Å². The Kier molecular flexibility index (Phi) is 5.24. The number of aryl methyl sites for hydroxylation is 1. The first-order valence-corrected chi connectivity index (χ1v) is 8.37. The van der Waals surface area contributed by atoms with Crippen LogP contribution in [0.2, 0.25) is 0 Å². The zero-order chi connectivity index (χ0) is 16.8. The van der Waals surface area contributed by atoms with Crippen LogP contribution in [0.3, 0.4) is 0 Å². The van der Waals surface area contributed by atoms with Crippen LogP contribution in [-0.2, 0) is 0 Å². The predicted molar refractivity (Wildman–Crippen MR) is 105 cm³/mol. The highest BCUT2D eigenvalue weighted by Crippen LogP contribution is 2.23. The third-order valence-corrected chi connectivity index (χ3v) is 4.04. The van der Waals surface area contributed by atoms with E-state index in [1.165, 1.54) is 16.7 Å². The summed E-state index contributed by atoms with van der Waals surface area (Å²) in [4.78, 5) is 0. The Balaban J connectivity index is 1.84. The van der Waals surface area contributed by atoms with E-state index in [-0.39, 0.29) is 6.04 Å². The lowest BCUT2D eigenvalue weighted by molar-refractivity contribution is 0.768. The normalized spacial score (nSPS) is 11.5. The van der Waals surface area contributed by atoms with Crippen molar-refractivity contribution in [2.75, 3.05) is 5.32 Å². The van der Waals surface area contributed by atoms with Crippen molar-refractivity contribution >= 4 is 23.0 Å². The molecule has 0 fully saturated rings. The number of para-hydroxylation sites is 1. The molecular weight excluding hydrogens is 312 g/mol. The molecule has 3 aromatic rings. The summed E-state index contributed by atoms with van der Waals surface area (Å²) in [5.41, 5.74) is 4.59. The van der Waals surface area contributed by atoms with Crippen molar-refractivity contribution in [2.45, 2.75) is 13.0 Å². The monoisotopic (exact) mass is 332 g/mol.